The highest BCUT2D eigenvalue weighted by molar-refractivity contribution is 5.77. The fraction of sp³-hybridized carbons (Fsp3) is 0.267. The molecule has 0 aliphatic carbocycles. The van der Waals surface area contributed by atoms with Gasteiger partial charge in [0.2, 0.25) is 0 Å². The predicted octanol–water partition coefficient (Wildman–Crippen LogP) is 0.773. The molecule has 23 heavy (non-hydrogen) atoms. The van der Waals surface area contributed by atoms with E-state index in [4.69, 9.17) is 0 Å². The van der Waals surface area contributed by atoms with Crippen molar-refractivity contribution in [3.8, 4) is 0 Å². The molecule has 7 nitrogen and oxygen atoms in total. The largest absolute Gasteiger partial charge is 0.390 e. The Morgan fingerprint density at radius 1 is 1.26 bits per heavy atom. The maximum absolute atomic E-state index is 13.7. The Balaban J connectivity index is 2.27. The molecule has 0 saturated heterocycles. The van der Waals surface area contributed by atoms with Crippen molar-refractivity contribution in [1.82, 2.24) is 19.7 Å². The number of nitrogens with zero attached hydrogens (tertiary/aromatic N) is 2. The minimum atomic E-state index is -0.809. The Morgan fingerprint density at radius 2 is 1.96 bits per heavy atom. The second kappa shape index (κ2) is 5.81. The lowest BCUT2D eigenvalue weighted by Gasteiger charge is -2.15. The van der Waals surface area contributed by atoms with Crippen molar-refractivity contribution in [1.29, 1.82) is 0 Å². The fourth-order valence-electron chi connectivity index (χ4n) is 2.56. The summed E-state index contributed by atoms with van der Waals surface area (Å²) in [5.74, 6) is 0. The van der Waals surface area contributed by atoms with Crippen molar-refractivity contribution in [2.24, 2.45) is 0 Å². The van der Waals surface area contributed by atoms with E-state index in [1.165, 1.54) is 4.68 Å². The Labute approximate surface area is 129 Å². The Bertz CT molecular complexity index is 955. The van der Waals surface area contributed by atoms with Crippen LogP contribution in [0.2, 0.25) is 0 Å². The zero-order valence-electron chi connectivity index (χ0n) is 12.3. The van der Waals surface area contributed by atoms with Gasteiger partial charge in [0.05, 0.1) is 6.61 Å². The summed E-state index contributed by atoms with van der Waals surface area (Å²) in [6, 6.07) is 6.39. The molecule has 2 heterocycles. The quantitative estimate of drug-likeness (QED) is 0.661. The van der Waals surface area contributed by atoms with E-state index in [1.807, 2.05) is 19.1 Å². The Morgan fingerprint density at radius 3 is 2.57 bits per heavy atom. The Hall–Kier alpha value is -2.74. The normalized spacial score (nSPS) is 12.7. The zero-order chi connectivity index (χ0) is 16.6. The maximum Gasteiger partial charge on any atom is 0.327 e. The van der Waals surface area contributed by atoms with E-state index in [0.717, 1.165) is 5.56 Å². The van der Waals surface area contributed by atoms with Gasteiger partial charge in [-0.3, -0.25) is 14.8 Å². The van der Waals surface area contributed by atoms with Gasteiger partial charge in [-0.2, -0.15) is 5.10 Å². The highest BCUT2D eigenvalue weighted by atomic mass is 19.1. The third kappa shape index (κ3) is 2.57. The number of aliphatic hydroxyl groups excluding tert-OH is 1. The molecule has 0 aliphatic heterocycles. The number of rotatable bonds is 4. The Kier molecular flexibility index (Phi) is 3.83. The molecule has 1 unspecified atom stereocenters. The summed E-state index contributed by atoms with van der Waals surface area (Å²) in [6.07, 6.45) is 0. The molecule has 3 N–H and O–H groups in total. The van der Waals surface area contributed by atoms with Gasteiger partial charge >= 0.3 is 5.69 Å². The van der Waals surface area contributed by atoms with E-state index < -0.39 is 30.6 Å². The zero-order valence-corrected chi connectivity index (χ0v) is 12.3. The molecule has 3 rings (SSSR count). The average molecular weight is 318 g/mol. The van der Waals surface area contributed by atoms with Crippen LogP contribution in [0, 0.1) is 6.92 Å². The first-order valence-electron chi connectivity index (χ1n) is 7.02. The average Bonchev–Trinajstić information content (AvgIpc) is 2.89. The predicted molar refractivity (Wildman–Crippen MR) is 82.2 cm³/mol. The van der Waals surface area contributed by atoms with Crippen LogP contribution in [0.1, 0.15) is 22.9 Å². The molecule has 0 saturated carbocycles. The minimum absolute atomic E-state index is 0.0534. The summed E-state index contributed by atoms with van der Waals surface area (Å²) >= 11 is 0. The number of aromatic amines is 2. The van der Waals surface area contributed by atoms with E-state index in [2.05, 4.69) is 15.1 Å². The number of alkyl halides is 1. The molecule has 0 fully saturated rings. The van der Waals surface area contributed by atoms with Gasteiger partial charge < -0.3 is 5.11 Å². The van der Waals surface area contributed by atoms with Gasteiger partial charge in [0.1, 0.15) is 29.4 Å². The van der Waals surface area contributed by atoms with Crippen LogP contribution in [-0.2, 0) is 6.61 Å². The lowest BCUT2D eigenvalue weighted by molar-refractivity contribution is 0.274. The monoisotopic (exact) mass is 318 g/mol. The topological polar surface area (TPSA) is 104 Å². The smallest absolute Gasteiger partial charge is 0.327 e. The van der Waals surface area contributed by atoms with Crippen molar-refractivity contribution in [2.45, 2.75) is 19.6 Å². The number of H-pyrrole nitrogens is 2. The van der Waals surface area contributed by atoms with Gasteiger partial charge in [-0.25, -0.2) is 13.9 Å². The number of fused-ring (bicyclic) bond motifs is 1. The number of aliphatic hydroxyl groups is 1. The van der Waals surface area contributed by atoms with E-state index in [9.17, 15) is 19.1 Å². The number of halogens is 1. The van der Waals surface area contributed by atoms with E-state index in [0.29, 0.717) is 5.56 Å². The van der Waals surface area contributed by atoms with Gasteiger partial charge in [-0.05, 0) is 12.5 Å². The molecule has 0 aliphatic rings. The molecule has 3 aromatic rings. The number of hydrogen-bond donors (Lipinski definition) is 3. The van der Waals surface area contributed by atoms with E-state index in [1.54, 1.807) is 12.1 Å². The number of nitrogens with one attached hydrogen (secondary N) is 2. The van der Waals surface area contributed by atoms with Crippen molar-refractivity contribution in [3.05, 3.63) is 61.9 Å². The van der Waals surface area contributed by atoms with Crippen LogP contribution in [0.3, 0.4) is 0 Å². The van der Waals surface area contributed by atoms with Crippen LogP contribution in [0.5, 0.6) is 0 Å². The molecule has 2 aromatic heterocycles. The molecule has 1 atom stereocenters. The summed E-state index contributed by atoms with van der Waals surface area (Å²) in [4.78, 5) is 28.0. The SMILES string of the molecule is Cc1ccc(C(CF)n2nc(CO)c3c(=O)[nH]c(=O)[nH]c32)cc1. The maximum atomic E-state index is 13.7. The van der Waals surface area contributed by atoms with Gasteiger partial charge in [0.25, 0.3) is 5.56 Å². The third-order valence-corrected chi connectivity index (χ3v) is 3.72. The third-order valence-electron chi connectivity index (χ3n) is 3.72. The molecule has 0 amide bonds. The number of aromatic nitrogens is 4. The number of benzene rings is 1. The summed E-state index contributed by atoms with van der Waals surface area (Å²) in [6.45, 7) is 0.642. The molecule has 120 valence electrons. The number of aryl methyl sites for hydroxylation is 1. The summed E-state index contributed by atoms with van der Waals surface area (Å²) in [5.41, 5.74) is 0.468. The van der Waals surface area contributed by atoms with Crippen LogP contribution < -0.4 is 11.2 Å². The molecule has 0 bridgehead atoms. The van der Waals surface area contributed by atoms with Crippen molar-refractivity contribution in [2.75, 3.05) is 6.67 Å². The second-order valence-electron chi connectivity index (χ2n) is 5.26. The molecule has 1 aromatic carbocycles. The van der Waals surface area contributed by atoms with Crippen molar-refractivity contribution in [3.63, 3.8) is 0 Å². The summed E-state index contributed by atoms with van der Waals surface area (Å²) < 4.78 is 14.9. The molecule has 0 radical (unpaired) electrons. The summed E-state index contributed by atoms with van der Waals surface area (Å²) in [5, 5.41) is 13.6. The first-order chi connectivity index (χ1) is 11.0. The highest BCUT2D eigenvalue weighted by Crippen LogP contribution is 2.23. The molecule has 0 spiro atoms. The van der Waals surface area contributed by atoms with Crippen LogP contribution in [-0.4, -0.2) is 31.5 Å². The van der Waals surface area contributed by atoms with E-state index >= 15 is 0 Å². The molecular weight excluding hydrogens is 303 g/mol. The fourth-order valence-corrected chi connectivity index (χ4v) is 2.56. The first-order valence-corrected chi connectivity index (χ1v) is 7.02. The minimum Gasteiger partial charge on any atom is -0.390 e. The van der Waals surface area contributed by atoms with E-state index in [-0.39, 0.29) is 16.7 Å². The standard InChI is InChI=1S/C15H15FN4O3/c1-8-2-4-9(5-3-8)11(6-16)20-13-12(10(7-21)19-20)14(22)18-15(23)17-13/h2-5,11,21H,6-7H2,1H3,(H2,17,18,22,23). The van der Waals surface area contributed by atoms with Gasteiger partial charge in [0.15, 0.2) is 0 Å². The van der Waals surface area contributed by atoms with Crippen molar-refractivity contribution < 1.29 is 9.50 Å². The lowest BCUT2D eigenvalue weighted by atomic mass is 10.1. The number of hydrogen-bond acceptors (Lipinski definition) is 4. The van der Waals surface area contributed by atoms with Gasteiger partial charge in [0, 0.05) is 0 Å². The summed E-state index contributed by atoms with van der Waals surface area (Å²) in [7, 11) is 0. The van der Waals surface area contributed by atoms with Crippen LogP contribution in [0.15, 0.2) is 33.9 Å². The van der Waals surface area contributed by atoms with Crippen LogP contribution in [0.4, 0.5) is 4.39 Å². The second-order valence-corrected chi connectivity index (χ2v) is 5.26. The highest BCUT2D eigenvalue weighted by Gasteiger charge is 2.22. The first kappa shape index (κ1) is 15.2. The van der Waals surface area contributed by atoms with Crippen LogP contribution in [0.25, 0.3) is 11.0 Å². The molecular formula is C15H15FN4O3. The molecule has 8 heteroatoms. The van der Waals surface area contributed by atoms with Gasteiger partial charge in [-0.15, -0.1) is 0 Å². The van der Waals surface area contributed by atoms with Crippen molar-refractivity contribution >= 4 is 11.0 Å². The lowest BCUT2D eigenvalue weighted by Crippen LogP contribution is -2.24. The van der Waals surface area contributed by atoms with Gasteiger partial charge in [-0.1, -0.05) is 29.8 Å². The van der Waals surface area contributed by atoms with Crippen LogP contribution >= 0.6 is 0 Å².